The number of rotatable bonds is 6. The van der Waals surface area contributed by atoms with E-state index in [0.29, 0.717) is 28.1 Å². The molecule has 8 heteroatoms. The number of piperidine rings is 1. The first-order valence-electron chi connectivity index (χ1n) is 10.3. The third-order valence-electron chi connectivity index (χ3n) is 5.77. The molecule has 1 saturated heterocycles. The molecule has 4 rings (SSSR count). The molecule has 0 N–H and O–H groups in total. The monoisotopic (exact) mass is 460 g/mol. The van der Waals surface area contributed by atoms with Gasteiger partial charge in [0, 0.05) is 23.7 Å². The van der Waals surface area contributed by atoms with Crippen LogP contribution in [0.3, 0.4) is 0 Å². The summed E-state index contributed by atoms with van der Waals surface area (Å²) in [5.41, 5.74) is 0.683. The molecule has 1 aromatic heterocycles. The number of oxazole rings is 1. The third-order valence-corrected chi connectivity index (χ3v) is 7.69. The van der Waals surface area contributed by atoms with Gasteiger partial charge in [0.2, 0.25) is 26.6 Å². The van der Waals surface area contributed by atoms with Crippen molar-refractivity contribution < 1.29 is 17.6 Å². The molecule has 6 nitrogen and oxygen atoms in total. The highest BCUT2D eigenvalue weighted by Crippen LogP contribution is 2.37. The fourth-order valence-electron chi connectivity index (χ4n) is 3.80. The smallest absolute Gasteiger partial charge is 0.236 e. The molecule has 164 valence electrons. The average Bonchev–Trinajstić information content (AvgIpc) is 3.26. The summed E-state index contributed by atoms with van der Waals surface area (Å²) in [6.07, 6.45) is 3.11. The number of methoxy groups -OCH3 is 1. The van der Waals surface area contributed by atoms with Crippen molar-refractivity contribution in [3.8, 4) is 17.2 Å². The molecular formula is C23H25ClN2O4S. The van der Waals surface area contributed by atoms with Crippen molar-refractivity contribution in [1.29, 1.82) is 0 Å². The fraction of sp³-hybridized carbons (Fsp3) is 0.348. The van der Waals surface area contributed by atoms with Gasteiger partial charge in [0.25, 0.3) is 0 Å². The van der Waals surface area contributed by atoms with Crippen LogP contribution in [-0.4, -0.2) is 33.6 Å². The van der Waals surface area contributed by atoms with Gasteiger partial charge in [-0.15, -0.1) is 0 Å². The number of benzene rings is 2. The molecule has 1 aliphatic heterocycles. The second-order valence-electron chi connectivity index (χ2n) is 7.65. The highest BCUT2D eigenvalue weighted by Gasteiger charge is 2.33. The lowest BCUT2D eigenvalue weighted by Crippen LogP contribution is -2.34. The first-order chi connectivity index (χ1) is 14.9. The SMILES string of the molecule is CCC1CCN(c2oc(-c3ccc(OC)cc3)nc2S(=O)(=O)c2ccc(Cl)cc2)CC1. The van der Waals surface area contributed by atoms with Gasteiger partial charge in [0.1, 0.15) is 5.75 Å². The van der Waals surface area contributed by atoms with Crippen LogP contribution < -0.4 is 9.64 Å². The van der Waals surface area contributed by atoms with Crippen molar-refractivity contribution in [2.45, 2.75) is 36.1 Å². The second-order valence-corrected chi connectivity index (χ2v) is 9.96. The number of hydrogen-bond donors (Lipinski definition) is 0. The Hall–Kier alpha value is -2.51. The predicted octanol–water partition coefficient (Wildman–Crippen LogP) is 5.46. The number of sulfone groups is 1. The van der Waals surface area contributed by atoms with E-state index in [4.69, 9.17) is 20.8 Å². The van der Waals surface area contributed by atoms with Gasteiger partial charge in [0.15, 0.2) is 0 Å². The molecule has 1 fully saturated rings. The molecule has 0 aliphatic carbocycles. The van der Waals surface area contributed by atoms with Crippen LogP contribution in [0, 0.1) is 5.92 Å². The predicted molar refractivity (Wildman–Crippen MR) is 121 cm³/mol. The standard InChI is InChI=1S/C23H25ClN2O4S/c1-3-16-12-14-26(15-13-16)23-22(31(27,28)20-10-6-18(24)7-11-20)25-21(30-23)17-4-8-19(29-2)9-5-17/h4-11,16H,3,12-15H2,1-2H3. The van der Waals surface area contributed by atoms with E-state index in [1.54, 1.807) is 43.5 Å². The lowest BCUT2D eigenvalue weighted by Gasteiger charge is -2.31. The van der Waals surface area contributed by atoms with Crippen LogP contribution in [-0.2, 0) is 9.84 Å². The molecule has 0 amide bonds. The molecule has 0 bridgehead atoms. The third kappa shape index (κ3) is 4.43. The first kappa shape index (κ1) is 21.7. The van der Waals surface area contributed by atoms with E-state index in [1.165, 1.54) is 12.1 Å². The highest BCUT2D eigenvalue weighted by atomic mass is 35.5. The van der Waals surface area contributed by atoms with E-state index in [9.17, 15) is 8.42 Å². The summed E-state index contributed by atoms with van der Waals surface area (Å²) in [5, 5.41) is 0.412. The molecule has 0 radical (unpaired) electrons. The summed E-state index contributed by atoms with van der Waals surface area (Å²) in [7, 11) is -2.29. The minimum Gasteiger partial charge on any atom is -0.497 e. The second kappa shape index (κ2) is 8.93. The highest BCUT2D eigenvalue weighted by molar-refractivity contribution is 7.91. The van der Waals surface area contributed by atoms with Crippen LogP contribution in [0.5, 0.6) is 5.75 Å². The summed E-state index contributed by atoms with van der Waals surface area (Å²) in [4.78, 5) is 6.58. The Kier molecular flexibility index (Phi) is 6.25. The van der Waals surface area contributed by atoms with Crippen molar-refractivity contribution in [2.75, 3.05) is 25.1 Å². The number of ether oxygens (including phenoxy) is 1. The van der Waals surface area contributed by atoms with Crippen molar-refractivity contribution in [2.24, 2.45) is 5.92 Å². The Morgan fingerprint density at radius 2 is 1.74 bits per heavy atom. The molecule has 31 heavy (non-hydrogen) atoms. The number of nitrogens with zero attached hydrogens (tertiary/aromatic N) is 2. The Bertz CT molecular complexity index is 1130. The largest absolute Gasteiger partial charge is 0.497 e. The van der Waals surface area contributed by atoms with Gasteiger partial charge in [-0.1, -0.05) is 24.9 Å². The van der Waals surface area contributed by atoms with Gasteiger partial charge in [-0.3, -0.25) is 0 Å². The van der Waals surface area contributed by atoms with E-state index < -0.39 is 9.84 Å². The van der Waals surface area contributed by atoms with Crippen molar-refractivity contribution in [3.05, 3.63) is 53.6 Å². The summed E-state index contributed by atoms with van der Waals surface area (Å²) >= 11 is 5.95. The fourth-order valence-corrected chi connectivity index (χ4v) is 5.25. The van der Waals surface area contributed by atoms with Gasteiger partial charge in [-0.25, -0.2) is 8.42 Å². The van der Waals surface area contributed by atoms with E-state index >= 15 is 0 Å². The van der Waals surface area contributed by atoms with Gasteiger partial charge in [0.05, 0.1) is 12.0 Å². The topological polar surface area (TPSA) is 72.6 Å². The minimum atomic E-state index is -3.88. The van der Waals surface area contributed by atoms with Crippen LogP contribution in [0.25, 0.3) is 11.5 Å². The van der Waals surface area contributed by atoms with E-state index in [-0.39, 0.29) is 15.8 Å². The maximum Gasteiger partial charge on any atom is 0.236 e. The number of anilines is 1. The molecule has 0 saturated carbocycles. The number of aromatic nitrogens is 1. The maximum absolute atomic E-state index is 13.5. The minimum absolute atomic E-state index is 0.0596. The lowest BCUT2D eigenvalue weighted by atomic mass is 9.95. The van der Waals surface area contributed by atoms with Crippen molar-refractivity contribution in [3.63, 3.8) is 0 Å². The summed E-state index contributed by atoms with van der Waals surface area (Å²) in [6.45, 7) is 3.66. The van der Waals surface area contributed by atoms with E-state index in [0.717, 1.165) is 32.4 Å². The summed E-state index contributed by atoms with van der Waals surface area (Å²) < 4.78 is 38.2. The quantitative estimate of drug-likeness (QED) is 0.486. The van der Waals surface area contributed by atoms with Gasteiger partial charge in [-0.05, 0) is 67.3 Å². The summed E-state index contributed by atoms with van der Waals surface area (Å²) in [6, 6.07) is 13.3. The first-order valence-corrected chi connectivity index (χ1v) is 12.2. The van der Waals surface area contributed by atoms with Crippen molar-refractivity contribution >= 4 is 27.3 Å². The van der Waals surface area contributed by atoms with Crippen LogP contribution >= 0.6 is 11.6 Å². The number of hydrogen-bond acceptors (Lipinski definition) is 6. The Labute approximate surface area is 187 Å². The van der Waals surface area contributed by atoms with Gasteiger partial charge >= 0.3 is 0 Å². The van der Waals surface area contributed by atoms with Gasteiger partial charge in [-0.2, -0.15) is 4.98 Å². The lowest BCUT2D eigenvalue weighted by molar-refractivity contribution is 0.380. The molecular weight excluding hydrogens is 436 g/mol. The molecule has 2 aromatic carbocycles. The maximum atomic E-state index is 13.5. The Balaban J connectivity index is 1.78. The molecule has 0 spiro atoms. The number of halogens is 1. The molecule has 3 aromatic rings. The zero-order valence-corrected chi connectivity index (χ0v) is 19.1. The van der Waals surface area contributed by atoms with Crippen LogP contribution in [0.2, 0.25) is 5.02 Å². The average molecular weight is 461 g/mol. The Morgan fingerprint density at radius 3 is 2.32 bits per heavy atom. The van der Waals surface area contributed by atoms with E-state index in [2.05, 4.69) is 11.9 Å². The van der Waals surface area contributed by atoms with Crippen LogP contribution in [0.1, 0.15) is 26.2 Å². The Morgan fingerprint density at radius 1 is 1.10 bits per heavy atom. The molecule has 2 heterocycles. The van der Waals surface area contributed by atoms with Crippen LogP contribution in [0.4, 0.5) is 5.88 Å². The summed E-state index contributed by atoms with van der Waals surface area (Å²) in [5.74, 6) is 1.92. The van der Waals surface area contributed by atoms with Crippen LogP contribution in [0.15, 0.2) is 62.9 Å². The normalized spacial score (nSPS) is 15.3. The molecule has 0 atom stereocenters. The molecule has 1 aliphatic rings. The van der Waals surface area contributed by atoms with Crippen molar-refractivity contribution in [1.82, 2.24) is 4.98 Å². The molecule has 0 unspecified atom stereocenters. The zero-order chi connectivity index (χ0) is 22.0. The van der Waals surface area contributed by atoms with E-state index in [1.807, 2.05) is 4.90 Å². The zero-order valence-electron chi connectivity index (χ0n) is 17.5. The van der Waals surface area contributed by atoms with Gasteiger partial charge < -0.3 is 14.1 Å².